The monoisotopic (exact) mass is 389 g/mol. The lowest BCUT2D eigenvalue weighted by atomic mass is 10.2. The van der Waals surface area contributed by atoms with Crippen molar-refractivity contribution in [3.8, 4) is 0 Å². The number of hydrogen-bond acceptors (Lipinski definition) is 5. The van der Waals surface area contributed by atoms with Crippen LogP contribution in [0, 0.1) is 0 Å². The molecule has 0 radical (unpaired) electrons. The van der Waals surface area contributed by atoms with Gasteiger partial charge < -0.3 is 15.0 Å². The Hall–Kier alpha value is -2.60. The first-order valence-corrected chi connectivity index (χ1v) is 9.28. The van der Waals surface area contributed by atoms with Crippen molar-refractivity contribution in [2.45, 2.75) is 26.7 Å². The molecule has 2 aromatic rings. The number of methoxy groups -OCH3 is 1. The number of ether oxygens (including phenoxy) is 1. The zero-order valence-corrected chi connectivity index (χ0v) is 16.5. The lowest BCUT2D eigenvalue weighted by Crippen LogP contribution is -2.32. The highest BCUT2D eigenvalue weighted by Gasteiger charge is 2.15. The second-order valence-electron chi connectivity index (χ2n) is 6.04. The van der Waals surface area contributed by atoms with Crippen LogP contribution in [0.5, 0.6) is 0 Å². The standard InChI is InChI=1S/C20H24ClN3O3/c1-4-10-24(11-5-2)19(25)15-7-9-18(22-13-15)23-17-12-14(20(26)27-3)6-8-16(17)21/h6-9,12-13H,4-5,10-11H2,1-3H3,(H,22,23). The van der Waals surface area contributed by atoms with Crippen LogP contribution in [0.3, 0.4) is 0 Å². The number of benzene rings is 1. The number of carbonyl (C=O) groups is 2. The number of rotatable bonds is 8. The SMILES string of the molecule is CCCN(CCC)C(=O)c1ccc(Nc2cc(C(=O)OC)ccc2Cl)nc1. The molecule has 0 saturated heterocycles. The molecule has 27 heavy (non-hydrogen) atoms. The van der Waals surface area contributed by atoms with Crippen molar-refractivity contribution in [1.82, 2.24) is 9.88 Å². The molecule has 0 aliphatic carbocycles. The molecule has 0 aliphatic rings. The summed E-state index contributed by atoms with van der Waals surface area (Å²) in [5, 5.41) is 3.51. The Labute approximate surface area is 164 Å². The maximum absolute atomic E-state index is 12.6. The number of carbonyl (C=O) groups excluding carboxylic acids is 2. The minimum atomic E-state index is -0.449. The summed E-state index contributed by atoms with van der Waals surface area (Å²) < 4.78 is 4.72. The highest BCUT2D eigenvalue weighted by molar-refractivity contribution is 6.33. The van der Waals surface area contributed by atoms with Crippen molar-refractivity contribution < 1.29 is 14.3 Å². The van der Waals surface area contributed by atoms with Crippen LogP contribution >= 0.6 is 11.6 Å². The van der Waals surface area contributed by atoms with Gasteiger partial charge >= 0.3 is 5.97 Å². The van der Waals surface area contributed by atoms with E-state index in [1.54, 1.807) is 36.5 Å². The quantitative estimate of drug-likeness (QED) is 0.671. The summed E-state index contributed by atoms with van der Waals surface area (Å²) in [6.45, 7) is 5.55. The van der Waals surface area contributed by atoms with Crippen LogP contribution in [0.25, 0.3) is 0 Å². The van der Waals surface area contributed by atoms with Crippen molar-refractivity contribution in [2.24, 2.45) is 0 Å². The molecule has 1 amide bonds. The molecule has 1 aromatic carbocycles. The number of nitrogens with zero attached hydrogens (tertiary/aromatic N) is 2. The minimum Gasteiger partial charge on any atom is -0.465 e. The molecule has 0 atom stereocenters. The van der Waals surface area contributed by atoms with E-state index in [1.807, 2.05) is 18.7 Å². The maximum Gasteiger partial charge on any atom is 0.337 e. The Balaban J connectivity index is 2.16. The predicted octanol–water partition coefficient (Wildman–Crippen LogP) is 4.53. The molecule has 0 saturated carbocycles. The van der Waals surface area contributed by atoms with E-state index in [0.29, 0.717) is 27.7 Å². The van der Waals surface area contributed by atoms with Gasteiger partial charge in [-0.05, 0) is 43.2 Å². The highest BCUT2D eigenvalue weighted by atomic mass is 35.5. The second kappa shape index (κ2) is 9.92. The molecule has 1 N–H and O–H groups in total. The molecular formula is C20H24ClN3O3. The molecule has 144 valence electrons. The van der Waals surface area contributed by atoms with Gasteiger partial charge in [0.05, 0.1) is 28.9 Å². The zero-order valence-electron chi connectivity index (χ0n) is 15.8. The number of pyridine rings is 1. The van der Waals surface area contributed by atoms with Crippen LogP contribution in [0.15, 0.2) is 36.5 Å². The van der Waals surface area contributed by atoms with Crippen molar-refractivity contribution in [2.75, 3.05) is 25.5 Å². The third kappa shape index (κ3) is 5.44. The van der Waals surface area contributed by atoms with E-state index >= 15 is 0 Å². The molecule has 1 aromatic heterocycles. The summed E-state index contributed by atoms with van der Waals surface area (Å²) in [6, 6.07) is 8.24. The van der Waals surface area contributed by atoms with Crippen LogP contribution in [0.1, 0.15) is 47.4 Å². The number of hydrogen-bond donors (Lipinski definition) is 1. The first-order valence-electron chi connectivity index (χ1n) is 8.90. The molecule has 0 spiro atoms. The van der Waals surface area contributed by atoms with E-state index < -0.39 is 5.97 Å². The number of amides is 1. The van der Waals surface area contributed by atoms with Crippen molar-refractivity contribution in [3.63, 3.8) is 0 Å². The molecule has 0 aliphatic heterocycles. The lowest BCUT2D eigenvalue weighted by molar-refractivity contribution is 0.0600. The van der Waals surface area contributed by atoms with Gasteiger partial charge in [0, 0.05) is 19.3 Å². The van der Waals surface area contributed by atoms with Gasteiger partial charge in [0.2, 0.25) is 0 Å². The van der Waals surface area contributed by atoms with Crippen LogP contribution in [0.2, 0.25) is 5.02 Å². The summed E-state index contributed by atoms with van der Waals surface area (Å²) in [5.41, 5.74) is 1.45. The van der Waals surface area contributed by atoms with E-state index in [-0.39, 0.29) is 5.91 Å². The van der Waals surface area contributed by atoms with Crippen molar-refractivity contribution >= 4 is 35.0 Å². The summed E-state index contributed by atoms with van der Waals surface area (Å²) in [4.78, 5) is 30.4. The van der Waals surface area contributed by atoms with Crippen molar-refractivity contribution in [1.29, 1.82) is 0 Å². The fraction of sp³-hybridized carbons (Fsp3) is 0.350. The average molecular weight is 390 g/mol. The number of anilines is 2. The topological polar surface area (TPSA) is 71.5 Å². The van der Waals surface area contributed by atoms with Gasteiger partial charge in [-0.1, -0.05) is 25.4 Å². The van der Waals surface area contributed by atoms with Gasteiger partial charge in [0.25, 0.3) is 5.91 Å². The summed E-state index contributed by atoms with van der Waals surface area (Å²) in [7, 11) is 1.32. The zero-order chi connectivity index (χ0) is 19.8. The fourth-order valence-corrected chi connectivity index (χ4v) is 2.80. The number of aromatic nitrogens is 1. The normalized spacial score (nSPS) is 10.4. The molecule has 0 unspecified atom stereocenters. The van der Waals surface area contributed by atoms with Gasteiger partial charge in [-0.25, -0.2) is 9.78 Å². The van der Waals surface area contributed by atoms with Crippen LogP contribution in [-0.4, -0.2) is 42.0 Å². The largest absolute Gasteiger partial charge is 0.465 e. The van der Waals surface area contributed by atoms with E-state index in [9.17, 15) is 9.59 Å². The summed E-state index contributed by atoms with van der Waals surface area (Å²) in [5.74, 6) is 0.0482. The Kier molecular flexibility index (Phi) is 7.61. The van der Waals surface area contributed by atoms with E-state index in [1.165, 1.54) is 7.11 Å². The smallest absolute Gasteiger partial charge is 0.337 e. The summed E-state index contributed by atoms with van der Waals surface area (Å²) in [6.07, 6.45) is 3.36. The fourth-order valence-electron chi connectivity index (χ4n) is 2.64. The van der Waals surface area contributed by atoms with Crippen molar-refractivity contribution in [3.05, 3.63) is 52.7 Å². The van der Waals surface area contributed by atoms with Crippen LogP contribution in [0.4, 0.5) is 11.5 Å². The number of esters is 1. The highest BCUT2D eigenvalue weighted by Crippen LogP contribution is 2.26. The predicted molar refractivity (Wildman–Crippen MR) is 107 cm³/mol. The van der Waals surface area contributed by atoms with E-state index in [0.717, 1.165) is 25.9 Å². The Morgan fingerprint density at radius 2 is 1.78 bits per heavy atom. The third-order valence-electron chi connectivity index (χ3n) is 3.93. The first-order chi connectivity index (χ1) is 13.0. The molecule has 7 heteroatoms. The van der Waals surface area contributed by atoms with Crippen LogP contribution < -0.4 is 5.32 Å². The number of nitrogens with one attached hydrogen (secondary N) is 1. The van der Waals surface area contributed by atoms with Gasteiger partial charge in [0.15, 0.2) is 0 Å². The van der Waals surface area contributed by atoms with Gasteiger partial charge in [-0.2, -0.15) is 0 Å². The van der Waals surface area contributed by atoms with Crippen LogP contribution in [-0.2, 0) is 4.74 Å². The maximum atomic E-state index is 12.6. The Morgan fingerprint density at radius 1 is 1.11 bits per heavy atom. The Bertz CT molecular complexity index is 788. The van der Waals surface area contributed by atoms with E-state index in [2.05, 4.69) is 10.3 Å². The van der Waals surface area contributed by atoms with Gasteiger partial charge in [0.1, 0.15) is 5.82 Å². The molecule has 0 fully saturated rings. The Morgan fingerprint density at radius 3 is 2.33 bits per heavy atom. The summed E-state index contributed by atoms with van der Waals surface area (Å²) >= 11 is 6.18. The molecule has 2 rings (SSSR count). The molecule has 6 nitrogen and oxygen atoms in total. The van der Waals surface area contributed by atoms with Gasteiger partial charge in [-0.15, -0.1) is 0 Å². The first kappa shape index (κ1) is 20.7. The average Bonchev–Trinajstić information content (AvgIpc) is 2.69. The third-order valence-corrected chi connectivity index (χ3v) is 4.26. The van der Waals surface area contributed by atoms with Gasteiger partial charge in [-0.3, -0.25) is 4.79 Å². The van der Waals surface area contributed by atoms with E-state index in [4.69, 9.17) is 16.3 Å². The lowest BCUT2D eigenvalue weighted by Gasteiger charge is -2.21. The molecular weight excluding hydrogens is 366 g/mol. The molecule has 1 heterocycles. The minimum absolute atomic E-state index is 0.0246. The molecule has 0 bridgehead atoms. The number of halogens is 1. The second-order valence-corrected chi connectivity index (χ2v) is 6.44.